The van der Waals surface area contributed by atoms with Crippen molar-refractivity contribution in [1.82, 2.24) is 14.1 Å². The van der Waals surface area contributed by atoms with E-state index in [0.29, 0.717) is 32.8 Å². The van der Waals surface area contributed by atoms with E-state index in [1.165, 1.54) is 48.6 Å². The Kier molecular flexibility index (Phi) is 6.78. The van der Waals surface area contributed by atoms with E-state index in [1.54, 1.807) is 14.0 Å². The third-order valence-electron chi connectivity index (χ3n) is 10.3. The second-order valence-corrected chi connectivity index (χ2v) is 14.1. The fourth-order valence-electron chi connectivity index (χ4n) is 6.88. The minimum atomic E-state index is -1.81. The van der Waals surface area contributed by atoms with Crippen LogP contribution in [0.1, 0.15) is 64.7 Å². The van der Waals surface area contributed by atoms with E-state index in [2.05, 4.69) is 25.8 Å². The zero-order valence-corrected chi connectivity index (χ0v) is 26.3. The molecule has 4 aromatic rings. The molecule has 0 amide bonds. The lowest BCUT2D eigenvalue weighted by Gasteiger charge is -2.37. The van der Waals surface area contributed by atoms with Crippen LogP contribution >= 0.6 is 11.3 Å². The predicted octanol–water partition coefficient (Wildman–Crippen LogP) is 5.60. The summed E-state index contributed by atoms with van der Waals surface area (Å²) in [6, 6.07) is 7.55. The third-order valence-corrected chi connectivity index (χ3v) is 11.6. The van der Waals surface area contributed by atoms with Crippen molar-refractivity contribution < 1.29 is 23.8 Å². The Hall–Kier alpha value is -3.70. The largest absolute Gasteiger partial charge is 0.496 e. The molecule has 10 nitrogen and oxygen atoms in total. The summed E-state index contributed by atoms with van der Waals surface area (Å²) in [6.45, 7) is 11.3. The molecule has 0 bridgehead atoms. The Labute approximate surface area is 252 Å². The number of carbonyl (C=O) groups is 1. The SMILES string of the molecule is COc1ccccc1C(Cn1c(=O)n(C(C)(C)C(=O)O)c(=O)c2c(C)c(-c3ncco3)sc21)O[C@H]1C[C@@H]2CC2(C)C1(C)C. The number of carboxylic acids is 1. The number of oxazole rings is 1. The minimum absolute atomic E-state index is 0.0324. The summed E-state index contributed by atoms with van der Waals surface area (Å²) >= 11 is 1.22. The number of hydrogen-bond acceptors (Lipinski definition) is 8. The number of methoxy groups -OCH3 is 1. The Morgan fingerprint density at radius 2 is 1.98 bits per heavy atom. The summed E-state index contributed by atoms with van der Waals surface area (Å²) in [5, 5.41) is 10.3. The van der Waals surface area contributed by atoms with Gasteiger partial charge in [-0.3, -0.25) is 9.36 Å². The molecule has 0 spiro atoms. The van der Waals surface area contributed by atoms with Crippen LogP contribution in [0.5, 0.6) is 5.75 Å². The van der Waals surface area contributed by atoms with Gasteiger partial charge in [-0.2, -0.15) is 0 Å². The molecule has 1 aromatic carbocycles. The van der Waals surface area contributed by atoms with Gasteiger partial charge in [-0.1, -0.05) is 39.0 Å². The molecular formula is C32H37N3O7S. The molecule has 6 rings (SSSR count). The minimum Gasteiger partial charge on any atom is -0.496 e. The molecule has 4 atom stereocenters. The van der Waals surface area contributed by atoms with Crippen LogP contribution in [0, 0.1) is 23.7 Å². The smallest absolute Gasteiger partial charge is 0.333 e. The maximum Gasteiger partial charge on any atom is 0.333 e. The standard InChI is InChI=1S/C32H37N3O7S/c1-17-23-26(36)35(31(4,5)28(37)38)29(39)34(27(23)43-24(17)25-33-12-13-41-25)16-21(19-10-8-9-11-20(19)40-7)42-22-14-18-15-32(18,6)30(22,2)3/h8-13,18,21-22H,14-16H2,1-7H3,(H,37,38)/t18-,21?,22+,32?/m1/s1. The van der Waals surface area contributed by atoms with Crippen molar-refractivity contribution in [3.8, 4) is 16.5 Å². The van der Waals surface area contributed by atoms with Crippen molar-refractivity contribution in [2.45, 2.75) is 78.7 Å². The van der Waals surface area contributed by atoms with Gasteiger partial charge in [-0.25, -0.2) is 19.1 Å². The number of aryl methyl sites for hydroxylation is 1. The van der Waals surface area contributed by atoms with Crippen molar-refractivity contribution >= 4 is 27.5 Å². The Bertz CT molecular complexity index is 1850. The van der Waals surface area contributed by atoms with E-state index in [-0.39, 0.29) is 28.9 Å². The number of benzene rings is 1. The number of thiophene rings is 1. The maximum atomic E-state index is 14.3. The number of hydrogen-bond donors (Lipinski definition) is 1. The van der Waals surface area contributed by atoms with Gasteiger partial charge in [0.05, 0.1) is 36.2 Å². The topological polar surface area (TPSA) is 126 Å². The van der Waals surface area contributed by atoms with Crippen LogP contribution in [0.25, 0.3) is 21.0 Å². The molecule has 2 fully saturated rings. The van der Waals surface area contributed by atoms with E-state index in [1.807, 2.05) is 24.3 Å². The van der Waals surface area contributed by atoms with Gasteiger partial charge in [0.15, 0.2) is 0 Å². The maximum absolute atomic E-state index is 14.3. The molecule has 2 aliphatic rings. The molecule has 228 valence electrons. The molecule has 1 N–H and O–H groups in total. The average molecular weight is 608 g/mol. The summed E-state index contributed by atoms with van der Waals surface area (Å²) in [5.74, 6) is 0.225. The quantitative estimate of drug-likeness (QED) is 0.261. The lowest BCUT2D eigenvalue weighted by molar-refractivity contribution is -0.146. The first-order valence-corrected chi connectivity index (χ1v) is 15.3. The highest BCUT2D eigenvalue weighted by Crippen LogP contribution is 2.72. The number of nitrogens with zero attached hydrogens (tertiary/aromatic N) is 3. The summed E-state index contributed by atoms with van der Waals surface area (Å²) < 4.78 is 20.6. The van der Waals surface area contributed by atoms with E-state index >= 15 is 0 Å². The Morgan fingerprint density at radius 3 is 2.58 bits per heavy atom. The van der Waals surface area contributed by atoms with Gasteiger partial charge in [0.1, 0.15) is 28.5 Å². The predicted molar refractivity (Wildman–Crippen MR) is 163 cm³/mol. The monoisotopic (exact) mass is 607 g/mol. The fourth-order valence-corrected chi connectivity index (χ4v) is 8.12. The fraction of sp³-hybridized carbons (Fsp3) is 0.500. The molecule has 0 aliphatic heterocycles. The van der Waals surface area contributed by atoms with Gasteiger partial charge in [-0.15, -0.1) is 11.3 Å². The number of para-hydroxylation sites is 1. The number of ether oxygens (including phenoxy) is 2. The highest BCUT2D eigenvalue weighted by atomic mass is 32.1. The Balaban J connectivity index is 1.58. The van der Waals surface area contributed by atoms with Gasteiger partial charge < -0.3 is 19.0 Å². The number of rotatable bonds is 9. The molecule has 2 aliphatic carbocycles. The number of aliphatic carboxylic acids is 1. The van der Waals surface area contributed by atoms with Gasteiger partial charge in [0, 0.05) is 5.56 Å². The van der Waals surface area contributed by atoms with E-state index in [4.69, 9.17) is 13.9 Å². The first kappa shape index (κ1) is 29.4. The van der Waals surface area contributed by atoms with Crippen LogP contribution < -0.4 is 16.0 Å². The van der Waals surface area contributed by atoms with Crippen LogP contribution in [-0.2, 0) is 21.6 Å². The Morgan fingerprint density at radius 1 is 1.26 bits per heavy atom. The van der Waals surface area contributed by atoms with Gasteiger partial charge >= 0.3 is 11.7 Å². The van der Waals surface area contributed by atoms with E-state index < -0.39 is 28.9 Å². The summed E-state index contributed by atoms with van der Waals surface area (Å²) in [7, 11) is 1.59. The first-order chi connectivity index (χ1) is 20.2. The molecule has 3 aromatic heterocycles. The van der Waals surface area contributed by atoms with Gasteiger partial charge in [0.25, 0.3) is 5.56 Å². The molecule has 2 unspecified atom stereocenters. The van der Waals surface area contributed by atoms with E-state index in [9.17, 15) is 19.5 Å². The van der Waals surface area contributed by atoms with Crippen molar-refractivity contribution in [1.29, 1.82) is 0 Å². The normalized spacial score (nSPS) is 23.3. The third kappa shape index (κ3) is 4.30. The lowest BCUT2D eigenvalue weighted by Crippen LogP contribution is -2.52. The number of aromatic nitrogens is 3. The molecule has 2 saturated carbocycles. The molecule has 43 heavy (non-hydrogen) atoms. The second-order valence-electron chi connectivity index (χ2n) is 13.1. The highest BCUT2D eigenvalue weighted by molar-refractivity contribution is 7.22. The average Bonchev–Trinajstić information content (AvgIpc) is 3.26. The molecule has 11 heteroatoms. The highest BCUT2D eigenvalue weighted by Gasteiger charge is 2.68. The van der Waals surface area contributed by atoms with Crippen molar-refractivity contribution in [3.05, 3.63) is 68.7 Å². The summed E-state index contributed by atoms with van der Waals surface area (Å²) in [4.78, 5) is 45.9. The first-order valence-electron chi connectivity index (χ1n) is 14.4. The van der Waals surface area contributed by atoms with Crippen LogP contribution in [0.3, 0.4) is 0 Å². The zero-order valence-electron chi connectivity index (χ0n) is 25.5. The van der Waals surface area contributed by atoms with E-state index in [0.717, 1.165) is 16.6 Å². The van der Waals surface area contributed by atoms with Crippen molar-refractivity contribution in [2.24, 2.45) is 16.7 Å². The molecule has 0 radical (unpaired) electrons. The molecular weight excluding hydrogens is 570 g/mol. The number of carboxylic acid groups (broad SMARTS) is 1. The van der Waals surface area contributed by atoms with Gasteiger partial charge in [-0.05, 0) is 62.0 Å². The zero-order chi connectivity index (χ0) is 31.1. The summed E-state index contributed by atoms with van der Waals surface area (Å²) in [5.41, 5.74) is -1.78. The second kappa shape index (κ2) is 9.92. The lowest BCUT2D eigenvalue weighted by atomic mass is 9.76. The number of fused-ring (bicyclic) bond motifs is 2. The summed E-state index contributed by atoms with van der Waals surface area (Å²) in [6.07, 6.45) is 4.33. The van der Waals surface area contributed by atoms with Crippen LogP contribution in [0.4, 0.5) is 0 Å². The van der Waals surface area contributed by atoms with Crippen LogP contribution in [0.15, 0.2) is 50.7 Å². The van der Waals surface area contributed by atoms with Crippen LogP contribution in [-0.4, -0.2) is 38.4 Å². The van der Waals surface area contributed by atoms with Crippen molar-refractivity contribution in [2.75, 3.05) is 7.11 Å². The van der Waals surface area contributed by atoms with Gasteiger partial charge in [0.2, 0.25) is 5.89 Å². The molecule has 3 heterocycles. The van der Waals surface area contributed by atoms with Crippen LogP contribution in [0.2, 0.25) is 0 Å². The molecule has 0 saturated heterocycles. The van der Waals surface area contributed by atoms with Crippen molar-refractivity contribution in [3.63, 3.8) is 0 Å².